The SMILES string of the molecule is CC(C)c1nc2cc(CN[C@@H]3CCC[C@H]3O)cc(C3CC3)c2o1. The van der Waals surface area contributed by atoms with Crippen molar-refractivity contribution in [1.82, 2.24) is 10.3 Å². The molecule has 0 aliphatic heterocycles. The first-order valence-electron chi connectivity index (χ1n) is 8.96. The molecule has 1 aromatic carbocycles. The van der Waals surface area contributed by atoms with E-state index in [1.54, 1.807) is 0 Å². The van der Waals surface area contributed by atoms with E-state index in [1.165, 1.54) is 24.0 Å². The summed E-state index contributed by atoms with van der Waals surface area (Å²) in [7, 11) is 0. The Kier molecular flexibility index (Phi) is 3.90. The maximum Gasteiger partial charge on any atom is 0.198 e. The molecule has 4 rings (SSSR count). The largest absolute Gasteiger partial charge is 0.440 e. The first-order chi connectivity index (χ1) is 11.1. The van der Waals surface area contributed by atoms with Crippen molar-refractivity contribution in [2.75, 3.05) is 0 Å². The van der Waals surface area contributed by atoms with Crippen LogP contribution in [0.2, 0.25) is 0 Å². The van der Waals surface area contributed by atoms with Crippen molar-refractivity contribution in [3.05, 3.63) is 29.2 Å². The fourth-order valence-electron chi connectivity index (χ4n) is 3.61. The van der Waals surface area contributed by atoms with Gasteiger partial charge in [-0.15, -0.1) is 0 Å². The minimum absolute atomic E-state index is 0.193. The third kappa shape index (κ3) is 3.02. The highest BCUT2D eigenvalue weighted by atomic mass is 16.3. The zero-order chi connectivity index (χ0) is 16.0. The summed E-state index contributed by atoms with van der Waals surface area (Å²) in [6.07, 6.45) is 5.43. The molecule has 2 aliphatic rings. The van der Waals surface area contributed by atoms with Crippen LogP contribution in [-0.2, 0) is 6.54 Å². The van der Waals surface area contributed by atoms with Gasteiger partial charge in [0, 0.05) is 24.1 Å². The van der Waals surface area contributed by atoms with Gasteiger partial charge in [0.05, 0.1) is 6.10 Å². The predicted octanol–water partition coefficient (Wildman–Crippen LogP) is 3.83. The Hall–Kier alpha value is -1.39. The quantitative estimate of drug-likeness (QED) is 0.880. The molecule has 0 saturated heterocycles. The standard InChI is InChI=1S/C19H26N2O2/c1-11(2)19-21-16-9-12(10-20-15-4-3-5-17(15)22)8-14(13-6-7-13)18(16)23-19/h8-9,11,13,15,17,20,22H,3-7,10H2,1-2H3/t15-,17-/m1/s1. The molecular weight excluding hydrogens is 288 g/mol. The number of benzene rings is 1. The molecule has 124 valence electrons. The lowest BCUT2D eigenvalue weighted by molar-refractivity contribution is 0.148. The van der Waals surface area contributed by atoms with Crippen LogP contribution >= 0.6 is 0 Å². The van der Waals surface area contributed by atoms with Gasteiger partial charge in [-0.3, -0.25) is 0 Å². The van der Waals surface area contributed by atoms with E-state index in [2.05, 4.69) is 31.3 Å². The summed E-state index contributed by atoms with van der Waals surface area (Å²) >= 11 is 0. The van der Waals surface area contributed by atoms with E-state index in [0.717, 1.165) is 42.8 Å². The molecule has 1 aromatic heterocycles. The van der Waals surface area contributed by atoms with Crippen molar-refractivity contribution in [3.8, 4) is 0 Å². The van der Waals surface area contributed by atoms with Crippen molar-refractivity contribution in [3.63, 3.8) is 0 Å². The maximum atomic E-state index is 9.97. The van der Waals surface area contributed by atoms with Crippen LogP contribution in [0, 0.1) is 0 Å². The van der Waals surface area contributed by atoms with Gasteiger partial charge in [0.2, 0.25) is 0 Å². The number of hydrogen-bond acceptors (Lipinski definition) is 4. The van der Waals surface area contributed by atoms with Crippen molar-refractivity contribution in [1.29, 1.82) is 0 Å². The molecule has 1 heterocycles. The number of nitrogens with zero attached hydrogens (tertiary/aromatic N) is 1. The highest BCUT2D eigenvalue weighted by molar-refractivity contribution is 5.78. The summed E-state index contributed by atoms with van der Waals surface area (Å²) < 4.78 is 6.04. The summed E-state index contributed by atoms with van der Waals surface area (Å²) in [6.45, 7) is 5.03. The van der Waals surface area contributed by atoms with Crippen LogP contribution in [0.15, 0.2) is 16.5 Å². The maximum absolute atomic E-state index is 9.97. The number of rotatable bonds is 5. The number of nitrogens with one attached hydrogen (secondary N) is 1. The molecule has 4 nitrogen and oxygen atoms in total. The molecule has 2 fully saturated rings. The molecule has 0 unspecified atom stereocenters. The molecule has 0 bridgehead atoms. The van der Waals surface area contributed by atoms with E-state index in [0.29, 0.717) is 11.8 Å². The van der Waals surface area contributed by atoms with Gasteiger partial charge in [-0.05, 0) is 49.7 Å². The van der Waals surface area contributed by atoms with Gasteiger partial charge in [0.1, 0.15) is 5.52 Å². The zero-order valence-electron chi connectivity index (χ0n) is 14.0. The average molecular weight is 314 g/mol. The van der Waals surface area contributed by atoms with Crippen LogP contribution in [0.1, 0.15) is 74.8 Å². The topological polar surface area (TPSA) is 58.3 Å². The molecule has 0 amide bonds. The third-order valence-corrected chi connectivity index (χ3v) is 5.15. The van der Waals surface area contributed by atoms with E-state index in [9.17, 15) is 5.11 Å². The molecule has 2 aliphatic carbocycles. The predicted molar refractivity (Wildman–Crippen MR) is 90.6 cm³/mol. The van der Waals surface area contributed by atoms with Crippen LogP contribution in [0.25, 0.3) is 11.1 Å². The second kappa shape index (κ2) is 5.91. The summed E-state index contributed by atoms with van der Waals surface area (Å²) in [6, 6.07) is 4.66. The van der Waals surface area contributed by atoms with Gasteiger partial charge in [0.25, 0.3) is 0 Å². The first-order valence-corrected chi connectivity index (χ1v) is 8.96. The normalized spacial score (nSPS) is 24.9. The van der Waals surface area contributed by atoms with E-state index in [1.807, 2.05) is 0 Å². The Labute approximate surface area is 137 Å². The summed E-state index contributed by atoms with van der Waals surface area (Å²) in [5, 5.41) is 13.5. The second-order valence-corrected chi connectivity index (χ2v) is 7.50. The van der Waals surface area contributed by atoms with E-state index in [-0.39, 0.29) is 12.1 Å². The van der Waals surface area contributed by atoms with E-state index < -0.39 is 0 Å². The van der Waals surface area contributed by atoms with Gasteiger partial charge < -0.3 is 14.8 Å². The first kappa shape index (κ1) is 15.2. The average Bonchev–Trinajstić information content (AvgIpc) is 3.14. The molecule has 2 aromatic rings. The summed E-state index contributed by atoms with van der Waals surface area (Å²) in [4.78, 5) is 4.69. The lowest BCUT2D eigenvalue weighted by atomic mass is 10.0. The molecule has 0 spiro atoms. The van der Waals surface area contributed by atoms with Crippen LogP contribution < -0.4 is 5.32 Å². The van der Waals surface area contributed by atoms with Crippen LogP contribution in [0.5, 0.6) is 0 Å². The van der Waals surface area contributed by atoms with Crippen LogP contribution in [0.4, 0.5) is 0 Å². The number of oxazole rings is 1. The monoisotopic (exact) mass is 314 g/mol. The minimum atomic E-state index is -0.193. The fourth-order valence-corrected chi connectivity index (χ4v) is 3.61. The summed E-state index contributed by atoms with van der Waals surface area (Å²) in [5.74, 6) is 1.78. The Morgan fingerprint density at radius 1 is 1.26 bits per heavy atom. The smallest absolute Gasteiger partial charge is 0.198 e. The fraction of sp³-hybridized carbons (Fsp3) is 0.632. The third-order valence-electron chi connectivity index (χ3n) is 5.15. The van der Waals surface area contributed by atoms with Gasteiger partial charge >= 0.3 is 0 Å². The Morgan fingerprint density at radius 2 is 2.09 bits per heavy atom. The minimum Gasteiger partial charge on any atom is -0.440 e. The second-order valence-electron chi connectivity index (χ2n) is 7.50. The highest BCUT2D eigenvalue weighted by Gasteiger charge is 2.29. The Bertz CT molecular complexity index is 703. The van der Waals surface area contributed by atoms with Gasteiger partial charge in [-0.1, -0.05) is 19.9 Å². The lowest BCUT2D eigenvalue weighted by Crippen LogP contribution is -2.35. The molecule has 23 heavy (non-hydrogen) atoms. The molecule has 4 heteroatoms. The van der Waals surface area contributed by atoms with E-state index in [4.69, 9.17) is 9.40 Å². The Morgan fingerprint density at radius 3 is 2.74 bits per heavy atom. The zero-order valence-corrected chi connectivity index (χ0v) is 14.0. The van der Waals surface area contributed by atoms with Gasteiger partial charge in [-0.2, -0.15) is 0 Å². The van der Waals surface area contributed by atoms with Crippen molar-refractivity contribution in [2.24, 2.45) is 0 Å². The number of aromatic nitrogens is 1. The molecule has 2 atom stereocenters. The number of fused-ring (bicyclic) bond motifs is 1. The number of aliphatic hydroxyl groups excluding tert-OH is 1. The highest BCUT2D eigenvalue weighted by Crippen LogP contribution is 2.44. The van der Waals surface area contributed by atoms with Gasteiger partial charge in [-0.25, -0.2) is 4.98 Å². The molecule has 2 saturated carbocycles. The van der Waals surface area contributed by atoms with Crippen molar-refractivity contribution < 1.29 is 9.52 Å². The lowest BCUT2D eigenvalue weighted by Gasteiger charge is -2.16. The van der Waals surface area contributed by atoms with Gasteiger partial charge in [0.15, 0.2) is 11.5 Å². The summed E-state index contributed by atoms with van der Waals surface area (Å²) in [5.41, 5.74) is 4.55. The van der Waals surface area contributed by atoms with Crippen LogP contribution in [-0.4, -0.2) is 22.2 Å². The van der Waals surface area contributed by atoms with E-state index >= 15 is 0 Å². The molecular formula is C19H26N2O2. The van der Waals surface area contributed by atoms with Crippen molar-refractivity contribution in [2.45, 2.75) is 76.5 Å². The van der Waals surface area contributed by atoms with Crippen LogP contribution in [0.3, 0.4) is 0 Å². The number of hydrogen-bond donors (Lipinski definition) is 2. The number of aliphatic hydroxyl groups is 1. The molecule has 0 radical (unpaired) electrons. The molecule has 2 N–H and O–H groups in total. The van der Waals surface area contributed by atoms with Crippen molar-refractivity contribution >= 4 is 11.1 Å². The Balaban J connectivity index is 1.61.